The third-order valence-electron chi connectivity index (χ3n) is 4.51. The summed E-state index contributed by atoms with van der Waals surface area (Å²) >= 11 is 0. The SMILES string of the molecule is Cc1nc2ccccc2n1CCNC(N)=NCCCN1CCOCC1.I. The number of nitrogens with one attached hydrogen (secondary N) is 1. The Labute approximate surface area is 172 Å². The van der Waals surface area contributed by atoms with Crippen LogP contribution in [0.5, 0.6) is 0 Å². The fraction of sp³-hybridized carbons (Fsp3) is 0.556. The Balaban J connectivity index is 0.00000243. The van der Waals surface area contributed by atoms with E-state index in [2.05, 4.69) is 30.8 Å². The number of imidazole rings is 1. The number of ether oxygens (including phenoxy) is 1. The molecule has 2 heterocycles. The average Bonchev–Trinajstić information content (AvgIpc) is 2.95. The molecule has 1 fully saturated rings. The highest BCUT2D eigenvalue weighted by molar-refractivity contribution is 14.0. The molecule has 0 saturated carbocycles. The van der Waals surface area contributed by atoms with Crippen LogP contribution in [0.4, 0.5) is 0 Å². The van der Waals surface area contributed by atoms with E-state index in [4.69, 9.17) is 10.5 Å². The zero-order valence-corrected chi connectivity index (χ0v) is 17.7. The maximum absolute atomic E-state index is 5.96. The highest BCUT2D eigenvalue weighted by Gasteiger charge is 2.09. The summed E-state index contributed by atoms with van der Waals surface area (Å²) in [5.74, 6) is 1.54. The van der Waals surface area contributed by atoms with E-state index >= 15 is 0 Å². The topological polar surface area (TPSA) is 80.7 Å². The number of aryl methyl sites for hydroxylation is 1. The van der Waals surface area contributed by atoms with Crippen LogP contribution in [0.1, 0.15) is 12.2 Å². The smallest absolute Gasteiger partial charge is 0.188 e. The van der Waals surface area contributed by atoms with Crippen LogP contribution in [0.15, 0.2) is 29.3 Å². The molecule has 1 aliphatic heterocycles. The monoisotopic (exact) mass is 472 g/mol. The van der Waals surface area contributed by atoms with Gasteiger partial charge in [-0.15, -0.1) is 24.0 Å². The Kier molecular flexibility index (Phi) is 8.60. The van der Waals surface area contributed by atoms with Crippen molar-refractivity contribution in [1.82, 2.24) is 19.8 Å². The van der Waals surface area contributed by atoms with E-state index in [0.717, 1.165) is 75.8 Å². The fourth-order valence-corrected chi connectivity index (χ4v) is 3.15. The lowest BCUT2D eigenvalue weighted by Gasteiger charge is -2.26. The molecule has 7 nitrogen and oxygen atoms in total. The second kappa shape index (κ2) is 10.7. The normalized spacial score (nSPS) is 15.8. The van der Waals surface area contributed by atoms with Gasteiger partial charge in [0.2, 0.25) is 0 Å². The van der Waals surface area contributed by atoms with Gasteiger partial charge in [0.25, 0.3) is 0 Å². The molecule has 26 heavy (non-hydrogen) atoms. The number of para-hydroxylation sites is 2. The number of aromatic nitrogens is 2. The quantitative estimate of drug-likeness (QED) is 0.277. The van der Waals surface area contributed by atoms with Gasteiger partial charge in [0.15, 0.2) is 5.96 Å². The van der Waals surface area contributed by atoms with E-state index in [9.17, 15) is 0 Å². The Bertz CT molecular complexity index is 711. The van der Waals surface area contributed by atoms with E-state index in [-0.39, 0.29) is 24.0 Å². The summed E-state index contributed by atoms with van der Waals surface area (Å²) in [6, 6.07) is 8.19. The van der Waals surface area contributed by atoms with E-state index in [1.807, 2.05) is 25.1 Å². The maximum atomic E-state index is 5.96. The van der Waals surface area contributed by atoms with Crippen LogP contribution in [0.3, 0.4) is 0 Å². The van der Waals surface area contributed by atoms with Gasteiger partial charge in [-0.1, -0.05) is 12.1 Å². The Morgan fingerprint density at radius 2 is 2.04 bits per heavy atom. The number of halogens is 1. The Morgan fingerprint density at radius 3 is 2.85 bits per heavy atom. The zero-order valence-electron chi connectivity index (χ0n) is 15.4. The van der Waals surface area contributed by atoms with Crippen molar-refractivity contribution in [2.24, 2.45) is 10.7 Å². The summed E-state index contributed by atoms with van der Waals surface area (Å²) in [5, 5.41) is 3.20. The number of rotatable bonds is 7. The van der Waals surface area contributed by atoms with Gasteiger partial charge in [0.05, 0.1) is 24.2 Å². The first-order valence-electron chi connectivity index (χ1n) is 9.00. The number of aliphatic imine (C=N–C) groups is 1. The van der Waals surface area contributed by atoms with E-state index in [1.54, 1.807) is 0 Å². The largest absolute Gasteiger partial charge is 0.379 e. The number of morpholine rings is 1. The van der Waals surface area contributed by atoms with Crippen molar-refractivity contribution in [3.63, 3.8) is 0 Å². The maximum Gasteiger partial charge on any atom is 0.188 e. The van der Waals surface area contributed by atoms with Gasteiger partial charge in [-0.2, -0.15) is 0 Å². The standard InChI is InChI=1S/C18H28N6O.HI/c1-15-22-16-5-2-3-6-17(16)24(15)10-8-21-18(19)20-7-4-9-23-11-13-25-14-12-23;/h2-3,5-6H,4,7-14H2,1H3,(H3,19,20,21);1H. The first-order chi connectivity index (χ1) is 12.2. The minimum Gasteiger partial charge on any atom is -0.379 e. The fourth-order valence-electron chi connectivity index (χ4n) is 3.15. The summed E-state index contributed by atoms with van der Waals surface area (Å²) in [6.07, 6.45) is 1.02. The Hall–Kier alpha value is -1.39. The predicted octanol–water partition coefficient (Wildman–Crippen LogP) is 1.59. The summed E-state index contributed by atoms with van der Waals surface area (Å²) in [5.41, 5.74) is 8.15. The molecule has 0 atom stereocenters. The summed E-state index contributed by atoms with van der Waals surface area (Å²) in [7, 11) is 0. The van der Waals surface area contributed by atoms with Gasteiger partial charge < -0.3 is 20.4 Å². The molecule has 1 aromatic carbocycles. The molecule has 3 N–H and O–H groups in total. The lowest BCUT2D eigenvalue weighted by Crippen LogP contribution is -2.37. The molecule has 8 heteroatoms. The minimum atomic E-state index is 0. The van der Waals surface area contributed by atoms with Gasteiger partial charge in [-0.25, -0.2) is 4.98 Å². The van der Waals surface area contributed by atoms with Crippen LogP contribution in [0.2, 0.25) is 0 Å². The first kappa shape index (κ1) is 20.9. The van der Waals surface area contributed by atoms with Crippen molar-refractivity contribution >= 4 is 41.0 Å². The van der Waals surface area contributed by atoms with Crippen molar-refractivity contribution in [1.29, 1.82) is 0 Å². The molecule has 0 radical (unpaired) electrons. The van der Waals surface area contributed by atoms with Gasteiger partial charge in [0.1, 0.15) is 5.82 Å². The van der Waals surface area contributed by atoms with Gasteiger partial charge >= 0.3 is 0 Å². The lowest BCUT2D eigenvalue weighted by molar-refractivity contribution is 0.0377. The van der Waals surface area contributed by atoms with Crippen molar-refractivity contribution in [3.05, 3.63) is 30.1 Å². The third-order valence-corrected chi connectivity index (χ3v) is 4.51. The second-order valence-electron chi connectivity index (χ2n) is 6.30. The van der Waals surface area contributed by atoms with Crippen LogP contribution in [0, 0.1) is 6.92 Å². The number of hydrogen-bond donors (Lipinski definition) is 2. The number of guanidine groups is 1. The third kappa shape index (κ3) is 5.82. The number of nitrogens with two attached hydrogens (primary N) is 1. The first-order valence-corrected chi connectivity index (χ1v) is 9.00. The number of fused-ring (bicyclic) bond motifs is 1. The second-order valence-corrected chi connectivity index (χ2v) is 6.30. The van der Waals surface area contributed by atoms with E-state index < -0.39 is 0 Å². The molecule has 1 aliphatic rings. The number of benzene rings is 1. The molecular weight excluding hydrogens is 443 g/mol. The highest BCUT2D eigenvalue weighted by Crippen LogP contribution is 2.14. The molecule has 0 aliphatic carbocycles. The number of hydrogen-bond acceptors (Lipinski definition) is 4. The van der Waals surface area contributed by atoms with Gasteiger partial charge in [-0.3, -0.25) is 9.89 Å². The summed E-state index contributed by atoms with van der Waals surface area (Å²) in [6.45, 7) is 9.12. The zero-order chi connectivity index (χ0) is 17.5. The van der Waals surface area contributed by atoms with Crippen molar-refractivity contribution in [2.75, 3.05) is 45.9 Å². The van der Waals surface area contributed by atoms with Crippen LogP contribution in [-0.4, -0.2) is 66.3 Å². The molecule has 2 aromatic rings. The predicted molar refractivity (Wildman–Crippen MR) is 116 cm³/mol. The van der Waals surface area contributed by atoms with E-state index in [1.165, 1.54) is 0 Å². The number of nitrogens with zero attached hydrogens (tertiary/aromatic N) is 4. The minimum absolute atomic E-state index is 0. The molecule has 0 bridgehead atoms. The van der Waals surface area contributed by atoms with Crippen LogP contribution in [-0.2, 0) is 11.3 Å². The van der Waals surface area contributed by atoms with Crippen molar-refractivity contribution in [2.45, 2.75) is 19.9 Å². The molecule has 1 saturated heterocycles. The Morgan fingerprint density at radius 1 is 1.27 bits per heavy atom. The highest BCUT2D eigenvalue weighted by atomic mass is 127. The van der Waals surface area contributed by atoms with E-state index in [0.29, 0.717) is 5.96 Å². The van der Waals surface area contributed by atoms with Gasteiger partial charge in [-0.05, 0) is 25.5 Å². The molecule has 144 valence electrons. The lowest BCUT2D eigenvalue weighted by atomic mass is 10.3. The van der Waals surface area contributed by atoms with Crippen LogP contribution >= 0.6 is 24.0 Å². The summed E-state index contributed by atoms with van der Waals surface area (Å²) < 4.78 is 7.55. The molecular formula is C18H29IN6O. The van der Waals surface area contributed by atoms with Crippen molar-refractivity contribution < 1.29 is 4.74 Å². The molecule has 0 amide bonds. The molecule has 0 unspecified atom stereocenters. The molecule has 1 aromatic heterocycles. The van der Waals surface area contributed by atoms with Gasteiger partial charge in [0, 0.05) is 39.3 Å². The average molecular weight is 472 g/mol. The molecule has 0 spiro atoms. The van der Waals surface area contributed by atoms with Crippen molar-refractivity contribution in [3.8, 4) is 0 Å². The van der Waals surface area contributed by atoms with Crippen LogP contribution < -0.4 is 11.1 Å². The molecule has 3 rings (SSSR count). The van der Waals surface area contributed by atoms with Crippen LogP contribution in [0.25, 0.3) is 11.0 Å². The summed E-state index contributed by atoms with van der Waals surface area (Å²) in [4.78, 5) is 11.4.